The van der Waals surface area contributed by atoms with E-state index in [0.717, 1.165) is 6.42 Å². The van der Waals surface area contributed by atoms with Gasteiger partial charge < -0.3 is 10.6 Å². The second-order valence-electron chi connectivity index (χ2n) is 3.78. The number of anilines is 1. The number of amides is 1. The first-order chi connectivity index (χ1) is 7.66. The molecule has 0 aliphatic carbocycles. The van der Waals surface area contributed by atoms with E-state index in [-0.39, 0.29) is 17.8 Å². The highest BCUT2D eigenvalue weighted by atomic mass is 35.5. The SMILES string of the molecule is O=C1CCC(CNc2c(F)cccc2Cl)N1. The molecule has 5 heteroatoms. The summed E-state index contributed by atoms with van der Waals surface area (Å²) < 4.78 is 13.4. The van der Waals surface area contributed by atoms with Crippen molar-refractivity contribution >= 4 is 23.2 Å². The molecule has 1 heterocycles. The second-order valence-corrected chi connectivity index (χ2v) is 4.19. The topological polar surface area (TPSA) is 41.1 Å². The summed E-state index contributed by atoms with van der Waals surface area (Å²) in [5.41, 5.74) is 0.297. The summed E-state index contributed by atoms with van der Waals surface area (Å²) >= 11 is 5.85. The maximum Gasteiger partial charge on any atom is 0.220 e. The van der Waals surface area contributed by atoms with Crippen LogP contribution in [-0.2, 0) is 4.79 Å². The van der Waals surface area contributed by atoms with E-state index in [1.54, 1.807) is 12.1 Å². The monoisotopic (exact) mass is 242 g/mol. The molecule has 0 spiro atoms. The van der Waals surface area contributed by atoms with Gasteiger partial charge in [0.2, 0.25) is 5.91 Å². The molecule has 1 aliphatic heterocycles. The van der Waals surface area contributed by atoms with E-state index in [1.807, 2.05) is 0 Å². The van der Waals surface area contributed by atoms with Gasteiger partial charge in [-0.3, -0.25) is 4.79 Å². The maximum atomic E-state index is 13.4. The smallest absolute Gasteiger partial charge is 0.220 e. The van der Waals surface area contributed by atoms with Crippen molar-refractivity contribution in [2.75, 3.05) is 11.9 Å². The van der Waals surface area contributed by atoms with E-state index in [0.29, 0.717) is 23.7 Å². The van der Waals surface area contributed by atoms with Crippen molar-refractivity contribution in [2.24, 2.45) is 0 Å². The summed E-state index contributed by atoms with van der Waals surface area (Å²) in [5.74, 6) is -0.330. The Kier molecular flexibility index (Phi) is 3.29. The molecule has 0 aromatic heterocycles. The first kappa shape index (κ1) is 11.2. The van der Waals surface area contributed by atoms with Gasteiger partial charge in [-0.1, -0.05) is 17.7 Å². The molecule has 1 unspecified atom stereocenters. The molecule has 1 aromatic rings. The summed E-state index contributed by atoms with van der Waals surface area (Å²) in [6.07, 6.45) is 1.31. The Bertz CT molecular complexity index is 391. The lowest BCUT2D eigenvalue weighted by Gasteiger charge is -2.13. The fourth-order valence-corrected chi connectivity index (χ4v) is 1.95. The molecule has 1 aliphatic rings. The quantitative estimate of drug-likeness (QED) is 0.853. The molecule has 1 atom stereocenters. The number of rotatable bonds is 3. The van der Waals surface area contributed by atoms with Gasteiger partial charge in [-0.05, 0) is 18.6 Å². The molecule has 2 N–H and O–H groups in total. The van der Waals surface area contributed by atoms with Crippen LogP contribution in [0.2, 0.25) is 5.02 Å². The van der Waals surface area contributed by atoms with Gasteiger partial charge in [0.15, 0.2) is 0 Å². The molecular formula is C11H12ClFN2O. The van der Waals surface area contributed by atoms with Crippen molar-refractivity contribution in [3.05, 3.63) is 29.0 Å². The Morgan fingerprint density at radius 1 is 1.56 bits per heavy atom. The summed E-state index contributed by atoms with van der Waals surface area (Å²) in [5, 5.41) is 6.07. The molecule has 1 amide bonds. The molecule has 3 nitrogen and oxygen atoms in total. The van der Waals surface area contributed by atoms with E-state index in [9.17, 15) is 9.18 Å². The molecule has 2 rings (SSSR count). The third-order valence-electron chi connectivity index (χ3n) is 2.57. The van der Waals surface area contributed by atoms with Crippen molar-refractivity contribution in [3.8, 4) is 0 Å². The minimum atomic E-state index is -0.378. The van der Waals surface area contributed by atoms with E-state index in [2.05, 4.69) is 10.6 Å². The van der Waals surface area contributed by atoms with Crippen LogP contribution in [0.15, 0.2) is 18.2 Å². The minimum absolute atomic E-state index is 0.0476. The lowest BCUT2D eigenvalue weighted by atomic mass is 10.2. The summed E-state index contributed by atoms with van der Waals surface area (Å²) in [7, 11) is 0. The van der Waals surface area contributed by atoms with E-state index in [1.165, 1.54) is 6.07 Å². The zero-order valence-electron chi connectivity index (χ0n) is 8.59. The molecule has 0 saturated carbocycles. The van der Waals surface area contributed by atoms with Crippen molar-refractivity contribution in [2.45, 2.75) is 18.9 Å². The van der Waals surface area contributed by atoms with Crippen LogP contribution in [0.1, 0.15) is 12.8 Å². The zero-order chi connectivity index (χ0) is 11.5. The Hall–Kier alpha value is -1.29. The van der Waals surface area contributed by atoms with Crippen molar-refractivity contribution < 1.29 is 9.18 Å². The Labute approximate surface area is 98.0 Å². The summed E-state index contributed by atoms with van der Waals surface area (Å²) in [4.78, 5) is 11.0. The number of carbonyl (C=O) groups is 1. The van der Waals surface area contributed by atoms with Gasteiger partial charge in [-0.15, -0.1) is 0 Å². The first-order valence-electron chi connectivity index (χ1n) is 5.14. The van der Waals surface area contributed by atoms with Crippen LogP contribution in [0.25, 0.3) is 0 Å². The Morgan fingerprint density at radius 3 is 3.00 bits per heavy atom. The lowest BCUT2D eigenvalue weighted by Crippen LogP contribution is -2.32. The number of benzene rings is 1. The predicted molar refractivity (Wildman–Crippen MR) is 61.1 cm³/mol. The van der Waals surface area contributed by atoms with Crippen molar-refractivity contribution in [3.63, 3.8) is 0 Å². The predicted octanol–water partition coefficient (Wildman–Crippen LogP) is 2.17. The number of hydrogen-bond donors (Lipinski definition) is 2. The minimum Gasteiger partial charge on any atom is -0.379 e. The molecule has 86 valence electrons. The number of para-hydroxylation sites is 1. The normalized spacial score (nSPS) is 19.6. The fraction of sp³-hybridized carbons (Fsp3) is 0.364. The average Bonchev–Trinajstić information content (AvgIpc) is 2.63. The molecule has 16 heavy (non-hydrogen) atoms. The van der Waals surface area contributed by atoms with Crippen LogP contribution in [0, 0.1) is 5.82 Å². The standard InChI is InChI=1S/C11H12ClFN2O/c12-8-2-1-3-9(13)11(8)14-6-7-4-5-10(16)15-7/h1-3,7,14H,4-6H2,(H,15,16). The van der Waals surface area contributed by atoms with Crippen LogP contribution < -0.4 is 10.6 Å². The molecule has 1 fully saturated rings. The summed E-state index contributed by atoms with van der Waals surface area (Å²) in [6.45, 7) is 0.492. The van der Waals surface area contributed by atoms with Crippen molar-refractivity contribution in [1.82, 2.24) is 5.32 Å². The number of carbonyl (C=O) groups excluding carboxylic acids is 1. The van der Waals surface area contributed by atoms with Gasteiger partial charge in [0, 0.05) is 19.0 Å². The largest absolute Gasteiger partial charge is 0.379 e. The van der Waals surface area contributed by atoms with Gasteiger partial charge in [-0.2, -0.15) is 0 Å². The summed E-state index contributed by atoms with van der Waals surface area (Å²) in [6, 6.07) is 4.59. The van der Waals surface area contributed by atoms with E-state index < -0.39 is 0 Å². The fourth-order valence-electron chi connectivity index (χ4n) is 1.72. The van der Waals surface area contributed by atoms with E-state index >= 15 is 0 Å². The number of nitrogens with one attached hydrogen (secondary N) is 2. The highest BCUT2D eigenvalue weighted by Crippen LogP contribution is 2.24. The zero-order valence-corrected chi connectivity index (χ0v) is 9.35. The van der Waals surface area contributed by atoms with Crippen molar-refractivity contribution in [1.29, 1.82) is 0 Å². The van der Waals surface area contributed by atoms with Gasteiger partial charge in [0.25, 0.3) is 0 Å². The maximum absolute atomic E-state index is 13.4. The first-order valence-corrected chi connectivity index (χ1v) is 5.52. The van der Waals surface area contributed by atoms with Gasteiger partial charge in [-0.25, -0.2) is 4.39 Å². The lowest BCUT2D eigenvalue weighted by molar-refractivity contribution is -0.119. The molecular weight excluding hydrogens is 231 g/mol. The van der Waals surface area contributed by atoms with Crippen LogP contribution in [0.3, 0.4) is 0 Å². The molecule has 0 bridgehead atoms. The van der Waals surface area contributed by atoms with Crippen LogP contribution in [0.4, 0.5) is 10.1 Å². The Morgan fingerprint density at radius 2 is 2.38 bits per heavy atom. The highest BCUT2D eigenvalue weighted by molar-refractivity contribution is 6.33. The van der Waals surface area contributed by atoms with Crippen LogP contribution >= 0.6 is 11.6 Å². The van der Waals surface area contributed by atoms with Gasteiger partial charge in [0.05, 0.1) is 10.7 Å². The Balaban J connectivity index is 1.97. The van der Waals surface area contributed by atoms with Gasteiger partial charge >= 0.3 is 0 Å². The number of halogens is 2. The van der Waals surface area contributed by atoms with Gasteiger partial charge in [0.1, 0.15) is 5.82 Å². The highest BCUT2D eigenvalue weighted by Gasteiger charge is 2.20. The van der Waals surface area contributed by atoms with E-state index in [4.69, 9.17) is 11.6 Å². The molecule has 1 saturated heterocycles. The van der Waals surface area contributed by atoms with Crippen LogP contribution in [-0.4, -0.2) is 18.5 Å². The second kappa shape index (κ2) is 4.70. The molecule has 1 aromatic carbocycles. The number of hydrogen-bond acceptors (Lipinski definition) is 2. The molecule has 0 radical (unpaired) electrons. The average molecular weight is 243 g/mol. The third-order valence-corrected chi connectivity index (χ3v) is 2.89. The van der Waals surface area contributed by atoms with Crippen LogP contribution in [0.5, 0.6) is 0 Å². The third kappa shape index (κ3) is 2.44.